The number of amides is 2. The van der Waals surface area contributed by atoms with Crippen LogP contribution in [0.4, 0.5) is 4.79 Å². The highest BCUT2D eigenvalue weighted by atomic mass is 16.6. The van der Waals surface area contributed by atoms with Gasteiger partial charge in [0.2, 0.25) is 0 Å². The van der Waals surface area contributed by atoms with Crippen LogP contribution in [-0.2, 0) is 22.5 Å². The normalized spacial score (nSPS) is 11.4. The summed E-state index contributed by atoms with van der Waals surface area (Å²) in [6.07, 6.45) is 2.15. The van der Waals surface area contributed by atoms with Gasteiger partial charge >= 0.3 is 6.09 Å². The lowest BCUT2D eigenvalue weighted by Gasteiger charge is -2.21. The molecule has 2 rings (SSSR count). The van der Waals surface area contributed by atoms with Crippen LogP contribution in [0.5, 0.6) is 0 Å². The number of carbonyl (C=O) groups is 2. The minimum atomic E-state index is -0.861. The lowest BCUT2D eigenvalue weighted by atomic mass is 10.1. The molecule has 126 valence electrons. The Morgan fingerprint density at radius 1 is 1.08 bits per heavy atom. The van der Waals surface area contributed by atoms with Crippen LogP contribution in [0, 0.1) is 0 Å². The monoisotopic (exact) mass is 327 g/mol. The molecule has 0 unspecified atom stereocenters. The first kappa shape index (κ1) is 17.5. The minimum Gasteiger partial charge on any atom is -0.436 e. The fourth-order valence-corrected chi connectivity index (χ4v) is 2.14. The number of hydrogen-bond donors (Lipinski definition) is 1. The zero-order valence-corrected chi connectivity index (χ0v) is 13.8. The first-order chi connectivity index (χ1) is 11.6. The van der Waals surface area contributed by atoms with E-state index in [1.165, 1.54) is 4.90 Å². The van der Waals surface area contributed by atoms with Crippen molar-refractivity contribution < 1.29 is 14.3 Å². The number of nitrogens with one attached hydrogen (secondary N) is 1. The van der Waals surface area contributed by atoms with Crippen LogP contribution in [0.15, 0.2) is 54.9 Å². The van der Waals surface area contributed by atoms with Gasteiger partial charge in [-0.3, -0.25) is 9.78 Å². The summed E-state index contributed by atoms with van der Waals surface area (Å²) in [5.41, 5.74) is 1.83. The van der Waals surface area contributed by atoms with Gasteiger partial charge in [-0.25, -0.2) is 4.79 Å². The Morgan fingerprint density at radius 3 is 2.38 bits per heavy atom. The highest BCUT2D eigenvalue weighted by molar-refractivity contribution is 5.83. The number of benzene rings is 1. The van der Waals surface area contributed by atoms with Crippen molar-refractivity contribution in [2.75, 3.05) is 14.1 Å². The predicted molar refractivity (Wildman–Crippen MR) is 90.2 cm³/mol. The van der Waals surface area contributed by atoms with E-state index in [4.69, 9.17) is 4.74 Å². The highest BCUT2D eigenvalue weighted by Gasteiger charge is 2.24. The zero-order chi connectivity index (χ0) is 17.4. The number of aromatic nitrogens is 1. The summed E-state index contributed by atoms with van der Waals surface area (Å²) in [6.45, 7) is 0.315. The van der Waals surface area contributed by atoms with Crippen molar-refractivity contribution in [1.29, 1.82) is 0 Å². The average Bonchev–Trinajstić information content (AvgIpc) is 2.60. The van der Waals surface area contributed by atoms with Gasteiger partial charge in [-0.05, 0) is 23.3 Å². The van der Waals surface area contributed by atoms with E-state index in [2.05, 4.69) is 10.3 Å². The number of likely N-dealkylation sites (N-methyl/N-ethyl adjacent to an activating group) is 1. The summed E-state index contributed by atoms with van der Waals surface area (Å²) in [5.74, 6) is -0.252. The Hall–Kier alpha value is -2.89. The third-order valence-electron chi connectivity index (χ3n) is 3.42. The summed E-state index contributed by atoms with van der Waals surface area (Å²) in [5, 5.41) is 2.65. The van der Waals surface area contributed by atoms with E-state index in [-0.39, 0.29) is 5.91 Å². The first-order valence-corrected chi connectivity index (χ1v) is 7.64. The van der Waals surface area contributed by atoms with E-state index in [0.717, 1.165) is 11.1 Å². The maximum atomic E-state index is 12.3. The molecule has 1 atom stereocenters. The van der Waals surface area contributed by atoms with Crippen molar-refractivity contribution in [2.45, 2.75) is 19.1 Å². The fourth-order valence-electron chi connectivity index (χ4n) is 2.14. The fraction of sp³-hybridized carbons (Fsp3) is 0.278. The number of rotatable bonds is 6. The maximum Gasteiger partial charge on any atom is 0.408 e. The second-order valence-electron chi connectivity index (χ2n) is 5.53. The van der Waals surface area contributed by atoms with E-state index in [0.29, 0.717) is 13.0 Å². The van der Waals surface area contributed by atoms with Crippen molar-refractivity contribution in [2.24, 2.45) is 0 Å². The third kappa shape index (κ3) is 5.39. The SMILES string of the molecule is CN(C)C(=O)[C@H](Cc1ccccc1)OC(=O)NCc1ccncc1. The molecule has 2 aromatic rings. The molecule has 0 bridgehead atoms. The molecule has 0 aliphatic carbocycles. The number of hydrogen-bond acceptors (Lipinski definition) is 4. The molecule has 1 aromatic heterocycles. The summed E-state index contributed by atoms with van der Waals surface area (Å²) >= 11 is 0. The van der Waals surface area contributed by atoms with Gasteiger partial charge in [0.1, 0.15) is 0 Å². The summed E-state index contributed by atoms with van der Waals surface area (Å²) in [4.78, 5) is 29.6. The van der Waals surface area contributed by atoms with Gasteiger partial charge < -0.3 is 15.0 Å². The van der Waals surface area contributed by atoms with Gasteiger partial charge in [-0.2, -0.15) is 0 Å². The van der Waals surface area contributed by atoms with E-state index in [1.54, 1.807) is 38.6 Å². The van der Waals surface area contributed by atoms with Crippen LogP contribution in [0.1, 0.15) is 11.1 Å². The second-order valence-corrected chi connectivity index (χ2v) is 5.53. The number of ether oxygens (including phenoxy) is 1. The van der Waals surface area contributed by atoms with E-state index >= 15 is 0 Å². The molecule has 0 saturated heterocycles. The standard InChI is InChI=1S/C18H21N3O3/c1-21(2)17(22)16(12-14-6-4-3-5-7-14)24-18(23)20-13-15-8-10-19-11-9-15/h3-11,16H,12-13H2,1-2H3,(H,20,23)/t16-/m0/s1. The molecule has 1 N–H and O–H groups in total. The Balaban J connectivity index is 1.96. The Bertz CT molecular complexity index is 660. The number of nitrogens with zero attached hydrogens (tertiary/aromatic N) is 2. The molecule has 1 aromatic carbocycles. The Kier molecular flexibility index (Phi) is 6.31. The van der Waals surface area contributed by atoms with Crippen LogP contribution in [0.2, 0.25) is 0 Å². The average molecular weight is 327 g/mol. The van der Waals surface area contributed by atoms with Crippen molar-refractivity contribution in [3.63, 3.8) is 0 Å². The van der Waals surface area contributed by atoms with Crippen molar-refractivity contribution in [1.82, 2.24) is 15.2 Å². The Morgan fingerprint density at radius 2 is 1.75 bits per heavy atom. The van der Waals surface area contributed by atoms with Crippen molar-refractivity contribution in [3.05, 3.63) is 66.0 Å². The molecule has 1 heterocycles. The molecule has 0 aliphatic heterocycles. The van der Waals surface area contributed by atoms with Gasteiger partial charge in [0, 0.05) is 39.5 Å². The molecule has 0 radical (unpaired) electrons. The molecular formula is C18H21N3O3. The smallest absolute Gasteiger partial charge is 0.408 e. The predicted octanol–water partition coefficient (Wildman–Crippen LogP) is 2.01. The largest absolute Gasteiger partial charge is 0.436 e. The second kappa shape index (κ2) is 8.67. The number of pyridine rings is 1. The molecular weight excluding hydrogens is 306 g/mol. The molecule has 24 heavy (non-hydrogen) atoms. The number of alkyl carbamates (subject to hydrolysis) is 1. The Labute approximate surface area is 141 Å². The van der Waals surface area contributed by atoms with Gasteiger partial charge in [-0.15, -0.1) is 0 Å². The summed E-state index contributed by atoms with van der Waals surface area (Å²) < 4.78 is 5.34. The molecule has 0 fully saturated rings. The molecule has 0 saturated carbocycles. The van der Waals surface area contributed by atoms with E-state index in [9.17, 15) is 9.59 Å². The van der Waals surface area contributed by atoms with Crippen molar-refractivity contribution >= 4 is 12.0 Å². The van der Waals surface area contributed by atoms with Gasteiger partial charge in [0.25, 0.3) is 5.91 Å². The highest BCUT2D eigenvalue weighted by Crippen LogP contribution is 2.09. The molecule has 6 heteroatoms. The topological polar surface area (TPSA) is 71.5 Å². The third-order valence-corrected chi connectivity index (χ3v) is 3.42. The molecule has 0 aliphatic rings. The van der Waals surface area contributed by atoms with Crippen LogP contribution < -0.4 is 5.32 Å². The van der Waals surface area contributed by atoms with Crippen LogP contribution in [0.3, 0.4) is 0 Å². The zero-order valence-electron chi connectivity index (χ0n) is 13.8. The van der Waals surface area contributed by atoms with Crippen LogP contribution in [-0.4, -0.2) is 42.1 Å². The quantitative estimate of drug-likeness (QED) is 0.881. The van der Waals surface area contributed by atoms with Crippen LogP contribution in [0.25, 0.3) is 0 Å². The van der Waals surface area contributed by atoms with Gasteiger partial charge in [0.15, 0.2) is 6.10 Å². The maximum absolute atomic E-state index is 12.3. The van der Waals surface area contributed by atoms with Gasteiger partial charge in [-0.1, -0.05) is 30.3 Å². The lowest BCUT2D eigenvalue weighted by Crippen LogP contribution is -2.40. The number of carbonyl (C=O) groups excluding carboxylic acids is 2. The molecule has 6 nitrogen and oxygen atoms in total. The lowest BCUT2D eigenvalue weighted by molar-refractivity contribution is -0.137. The minimum absolute atomic E-state index is 0.252. The molecule has 2 amide bonds. The van der Waals surface area contributed by atoms with Gasteiger partial charge in [0.05, 0.1) is 0 Å². The van der Waals surface area contributed by atoms with E-state index < -0.39 is 12.2 Å². The van der Waals surface area contributed by atoms with Crippen molar-refractivity contribution in [3.8, 4) is 0 Å². The summed E-state index contributed by atoms with van der Waals surface area (Å²) in [7, 11) is 3.27. The first-order valence-electron chi connectivity index (χ1n) is 7.64. The van der Waals surface area contributed by atoms with Crippen LogP contribution >= 0.6 is 0 Å². The summed E-state index contributed by atoms with van der Waals surface area (Å²) in [6, 6.07) is 13.1. The van der Waals surface area contributed by atoms with E-state index in [1.807, 2.05) is 30.3 Å². The molecule has 0 spiro atoms.